The molecule has 7 heteroatoms. The molecular formula is C28H37NO5Si. The molecule has 0 aliphatic carbocycles. The lowest BCUT2D eigenvalue weighted by molar-refractivity contribution is 0.0964. The van der Waals surface area contributed by atoms with E-state index >= 15 is 0 Å². The number of methoxy groups -OCH3 is 3. The molecule has 0 radical (unpaired) electrons. The monoisotopic (exact) mass is 495 g/mol. The number of rotatable bonds is 8. The van der Waals surface area contributed by atoms with Crippen molar-refractivity contribution in [3.63, 3.8) is 0 Å². The summed E-state index contributed by atoms with van der Waals surface area (Å²) in [5.41, 5.74) is 2.68. The van der Waals surface area contributed by atoms with Crippen LogP contribution in [-0.2, 0) is 6.54 Å². The fourth-order valence-electron chi connectivity index (χ4n) is 6.21. The van der Waals surface area contributed by atoms with Crippen molar-refractivity contribution in [3.05, 3.63) is 35.4 Å². The lowest BCUT2D eigenvalue weighted by atomic mass is 9.94. The molecule has 0 fully saturated rings. The number of benzene rings is 3. The lowest BCUT2D eigenvalue weighted by Gasteiger charge is -2.42. The summed E-state index contributed by atoms with van der Waals surface area (Å²) in [6.45, 7) is 13.9. The number of carbonyl (C=O) groups excluding carboxylic acids is 1. The van der Waals surface area contributed by atoms with Gasteiger partial charge in [0, 0.05) is 17.3 Å². The molecule has 0 atom stereocenters. The average Bonchev–Trinajstić information content (AvgIpc) is 3.21. The van der Waals surface area contributed by atoms with Crippen LogP contribution in [0.15, 0.2) is 24.3 Å². The summed E-state index contributed by atoms with van der Waals surface area (Å²) in [4.78, 5) is 13.2. The quantitative estimate of drug-likeness (QED) is 0.274. The van der Waals surface area contributed by atoms with Crippen molar-refractivity contribution in [2.45, 2.75) is 64.7 Å². The highest BCUT2D eigenvalue weighted by Gasteiger charge is 2.48. The lowest BCUT2D eigenvalue weighted by Crippen LogP contribution is -2.51. The van der Waals surface area contributed by atoms with Gasteiger partial charge in [0.15, 0.2) is 0 Å². The Hall–Kier alpha value is -2.93. The molecule has 3 aromatic rings. The number of hydrogen-bond acceptors (Lipinski definition) is 5. The van der Waals surface area contributed by atoms with Crippen LogP contribution in [-0.4, -0.2) is 35.6 Å². The predicted molar refractivity (Wildman–Crippen MR) is 144 cm³/mol. The van der Waals surface area contributed by atoms with E-state index in [0.29, 0.717) is 46.0 Å². The van der Waals surface area contributed by atoms with Gasteiger partial charge in [0.25, 0.3) is 14.2 Å². The third kappa shape index (κ3) is 3.71. The maximum Gasteiger partial charge on any atom is 0.258 e. The van der Waals surface area contributed by atoms with Crippen molar-refractivity contribution in [2.24, 2.45) is 0 Å². The maximum absolute atomic E-state index is 13.2. The molecule has 1 aliphatic rings. The van der Waals surface area contributed by atoms with Gasteiger partial charge in [-0.3, -0.25) is 4.79 Å². The molecule has 4 rings (SSSR count). The maximum atomic E-state index is 13.2. The van der Waals surface area contributed by atoms with E-state index in [9.17, 15) is 4.79 Å². The molecule has 35 heavy (non-hydrogen) atoms. The molecule has 188 valence electrons. The highest BCUT2D eigenvalue weighted by atomic mass is 28.4. The SMILES string of the molecule is COc1ccc(OC)c2c(OC)c3c4c(c(O[Si](C(C)C)(C(C)C)C(C)C)cc3cc12)C(=O)NC4. The van der Waals surface area contributed by atoms with Gasteiger partial charge in [-0.25, -0.2) is 0 Å². The zero-order valence-electron chi connectivity index (χ0n) is 22.3. The fraction of sp³-hybridized carbons (Fsp3) is 0.464. The van der Waals surface area contributed by atoms with Crippen molar-refractivity contribution in [1.29, 1.82) is 0 Å². The first-order chi connectivity index (χ1) is 16.6. The number of fused-ring (bicyclic) bond motifs is 4. The zero-order chi connectivity index (χ0) is 25.7. The Balaban J connectivity index is 2.12. The van der Waals surface area contributed by atoms with E-state index in [2.05, 4.69) is 52.9 Å². The number of nitrogens with one attached hydrogen (secondary N) is 1. The van der Waals surface area contributed by atoms with E-state index in [1.54, 1.807) is 21.3 Å². The van der Waals surface area contributed by atoms with Crippen LogP contribution < -0.4 is 24.0 Å². The number of carbonyl (C=O) groups is 1. The largest absolute Gasteiger partial charge is 0.542 e. The standard InChI is InChI=1S/C28H37NO5Si/c1-15(2)35(16(3)4,17(5)6)34-23-13-18-12-19-21(31-7)10-11-22(32-8)25(19)27(33-9)24(18)20-14-29-28(30)26(20)23/h10-13,15-17H,14H2,1-9H3,(H,29,30). The summed E-state index contributed by atoms with van der Waals surface area (Å²) in [6, 6.07) is 7.89. The fourth-order valence-corrected chi connectivity index (χ4v) is 11.5. The first kappa shape index (κ1) is 25.2. The molecular weight excluding hydrogens is 458 g/mol. The van der Waals surface area contributed by atoms with Gasteiger partial charge in [-0.1, -0.05) is 41.5 Å². The van der Waals surface area contributed by atoms with Gasteiger partial charge in [-0.2, -0.15) is 0 Å². The molecule has 0 saturated heterocycles. The molecule has 6 nitrogen and oxygen atoms in total. The van der Waals surface area contributed by atoms with E-state index in [-0.39, 0.29) is 5.91 Å². The van der Waals surface area contributed by atoms with E-state index < -0.39 is 8.32 Å². The average molecular weight is 496 g/mol. The summed E-state index contributed by atoms with van der Waals surface area (Å²) in [7, 11) is 2.67. The zero-order valence-corrected chi connectivity index (χ0v) is 23.3. The Morgan fingerprint density at radius 2 is 1.40 bits per heavy atom. The minimum Gasteiger partial charge on any atom is -0.542 e. The minimum atomic E-state index is -2.29. The van der Waals surface area contributed by atoms with Gasteiger partial charge in [0.2, 0.25) is 0 Å². The smallest absolute Gasteiger partial charge is 0.258 e. The van der Waals surface area contributed by atoms with E-state index in [1.807, 2.05) is 18.2 Å². The van der Waals surface area contributed by atoms with E-state index in [1.165, 1.54) is 0 Å². The van der Waals surface area contributed by atoms with Gasteiger partial charge in [0.05, 0.1) is 32.3 Å². The normalized spacial score (nSPS) is 13.7. The highest BCUT2D eigenvalue weighted by molar-refractivity contribution is 6.78. The minimum absolute atomic E-state index is 0.101. The van der Waals surface area contributed by atoms with Crippen molar-refractivity contribution < 1.29 is 23.4 Å². The van der Waals surface area contributed by atoms with E-state index in [4.69, 9.17) is 18.6 Å². The van der Waals surface area contributed by atoms with Crippen molar-refractivity contribution in [3.8, 4) is 23.0 Å². The van der Waals surface area contributed by atoms with Crippen molar-refractivity contribution in [1.82, 2.24) is 5.32 Å². The molecule has 0 spiro atoms. The molecule has 0 bridgehead atoms. The van der Waals surface area contributed by atoms with Gasteiger partial charge in [-0.15, -0.1) is 0 Å². The molecule has 1 aliphatic heterocycles. The second-order valence-corrected chi connectivity index (χ2v) is 15.6. The van der Waals surface area contributed by atoms with Crippen molar-refractivity contribution in [2.75, 3.05) is 21.3 Å². The molecule has 1 N–H and O–H groups in total. The predicted octanol–water partition coefficient (Wildman–Crippen LogP) is 6.82. The summed E-state index contributed by atoms with van der Waals surface area (Å²) >= 11 is 0. The Labute approximate surface area is 209 Å². The third-order valence-electron chi connectivity index (χ3n) is 7.64. The van der Waals surface area contributed by atoms with Crippen LogP contribution in [0.5, 0.6) is 23.0 Å². The van der Waals surface area contributed by atoms with Crippen LogP contribution in [0.25, 0.3) is 21.5 Å². The van der Waals surface area contributed by atoms with Crippen LogP contribution in [0, 0.1) is 0 Å². The molecule has 0 unspecified atom stereocenters. The Morgan fingerprint density at radius 1 is 0.800 bits per heavy atom. The van der Waals surface area contributed by atoms with Crippen LogP contribution in [0.3, 0.4) is 0 Å². The summed E-state index contributed by atoms with van der Waals surface area (Å²) in [5, 5.41) is 6.59. The summed E-state index contributed by atoms with van der Waals surface area (Å²) < 4.78 is 24.4. The van der Waals surface area contributed by atoms with Gasteiger partial charge < -0.3 is 24.0 Å². The second kappa shape index (κ2) is 9.26. The molecule has 1 amide bonds. The summed E-state index contributed by atoms with van der Waals surface area (Å²) in [5.74, 6) is 2.67. The highest BCUT2D eigenvalue weighted by Crippen LogP contribution is 2.49. The van der Waals surface area contributed by atoms with Crippen LogP contribution >= 0.6 is 0 Å². The molecule has 1 heterocycles. The molecule has 0 saturated carbocycles. The Morgan fingerprint density at radius 3 is 1.94 bits per heavy atom. The number of ether oxygens (including phenoxy) is 3. The third-order valence-corrected chi connectivity index (χ3v) is 13.6. The molecule has 3 aromatic carbocycles. The van der Waals surface area contributed by atoms with Crippen LogP contribution in [0.1, 0.15) is 57.5 Å². The first-order valence-corrected chi connectivity index (χ1v) is 14.4. The Kier molecular flexibility index (Phi) is 6.66. The van der Waals surface area contributed by atoms with Crippen molar-refractivity contribution >= 4 is 35.8 Å². The topological polar surface area (TPSA) is 66.0 Å². The summed E-state index contributed by atoms with van der Waals surface area (Å²) in [6.07, 6.45) is 0. The van der Waals surface area contributed by atoms with Gasteiger partial charge in [-0.05, 0) is 51.8 Å². The Bertz CT molecular complexity index is 1280. The van der Waals surface area contributed by atoms with Gasteiger partial charge in [0.1, 0.15) is 23.0 Å². The van der Waals surface area contributed by atoms with Crippen LogP contribution in [0.4, 0.5) is 0 Å². The number of hydrogen-bond donors (Lipinski definition) is 1. The first-order valence-electron chi connectivity index (χ1n) is 12.3. The molecule has 0 aromatic heterocycles. The van der Waals surface area contributed by atoms with Crippen LogP contribution in [0.2, 0.25) is 16.6 Å². The van der Waals surface area contributed by atoms with E-state index in [0.717, 1.165) is 32.9 Å². The van der Waals surface area contributed by atoms with Gasteiger partial charge >= 0.3 is 0 Å². The number of amides is 1. The second-order valence-electron chi connectivity index (χ2n) is 10.2.